The Hall–Kier alpha value is -0.160. The Labute approximate surface area is 145 Å². The highest BCUT2D eigenvalue weighted by Gasteiger charge is 2.10. The van der Waals surface area contributed by atoms with Gasteiger partial charge in [0.1, 0.15) is 0 Å². The van der Waals surface area contributed by atoms with Crippen LogP contribution in [0, 0.1) is 0 Å². The molecule has 0 amide bonds. The average molecular weight is 323 g/mol. The van der Waals surface area contributed by atoms with E-state index in [0.29, 0.717) is 0 Å². The summed E-state index contributed by atoms with van der Waals surface area (Å²) in [6.45, 7) is 27.8. The van der Waals surface area contributed by atoms with Crippen LogP contribution in [0.1, 0.15) is 52.7 Å². The molecule has 0 aromatic rings. The summed E-state index contributed by atoms with van der Waals surface area (Å²) in [4.78, 5) is 7.68. The summed E-state index contributed by atoms with van der Waals surface area (Å²) in [5.74, 6) is 0. The van der Waals surface area contributed by atoms with Gasteiger partial charge in [-0.05, 0) is 19.6 Å². The fourth-order valence-corrected chi connectivity index (χ4v) is 2.45. The van der Waals surface area contributed by atoms with Crippen LogP contribution in [0.25, 0.3) is 0 Å². The Morgan fingerprint density at radius 2 is 0.864 bits per heavy atom. The van der Waals surface area contributed by atoms with Crippen molar-refractivity contribution in [2.45, 2.75) is 48.5 Å². The second-order valence-electron chi connectivity index (χ2n) is 5.05. The van der Waals surface area contributed by atoms with E-state index in [9.17, 15) is 0 Å². The van der Waals surface area contributed by atoms with E-state index >= 15 is 0 Å². The zero-order chi connectivity index (χ0) is 17.2. The Morgan fingerprint density at radius 1 is 0.591 bits per heavy atom. The maximum Gasteiger partial charge on any atom is 0.0110 e. The maximum atomic E-state index is 3.56. The van der Waals surface area contributed by atoms with Gasteiger partial charge in [-0.3, -0.25) is 0 Å². The quantitative estimate of drug-likeness (QED) is 0.860. The van der Waals surface area contributed by atoms with Crippen LogP contribution in [-0.2, 0) is 0 Å². The van der Waals surface area contributed by atoms with Gasteiger partial charge in [-0.25, -0.2) is 0 Å². The second-order valence-corrected chi connectivity index (χ2v) is 5.05. The molecule has 1 N–H and O–H groups in total. The molecular formula is C18H50N4. The lowest BCUT2D eigenvalue weighted by Gasteiger charge is -2.30. The van der Waals surface area contributed by atoms with Gasteiger partial charge in [-0.15, -0.1) is 0 Å². The Kier molecular flexibility index (Phi) is 20.7. The van der Waals surface area contributed by atoms with Crippen molar-refractivity contribution >= 4 is 0 Å². The molecule has 0 unspecified atom stereocenters. The lowest BCUT2D eigenvalue weighted by Crippen LogP contribution is -2.44. The molecule has 0 aromatic heterocycles. The minimum absolute atomic E-state index is 0. The van der Waals surface area contributed by atoms with E-state index in [1.54, 1.807) is 0 Å². The van der Waals surface area contributed by atoms with Crippen LogP contribution in [0.3, 0.4) is 0 Å². The number of nitrogens with one attached hydrogen (secondary N) is 1. The number of hydrogen-bond acceptors (Lipinski definition) is 4. The van der Waals surface area contributed by atoms with Crippen molar-refractivity contribution in [3.05, 3.63) is 0 Å². The highest BCUT2D eigenvalue weighted by molar-refractivity contribution is 4.68. The number of hydrogen-bond donors (Lipinski definition) is 1. The predicted molar refractivity (Wildman–Crippen MR) is 108 cm³/mol. The summed E-state index contributed by atoms with van der Waals surface area (Å²) >= 11 is 0. The van der Waals surface area contributed by atoms with E-state index in [1.807, 2.05) is 27.7 Å². The second kappa shape index (κ2) is 18.9. The largest absolute Gasteiger partial charge is 0.314 e. The van der Waals surface area contributed by atoms with Gasteiger partial charge in [0.15, 0.2) is 0 Å². The number of rotatable bonds is 3. The molecule has 0 atom stereocenters. The third-order valence-corrected chi connectivity index (χ3v) is 4.02. The van der Waals surface area contributed by atoms with Crippen LogP contribution >= 0.6 is 0 Å². The van der Waals surface area contributed by atoms with Gasteiger partial charge in [0, 0.05) is 56.6 Å². The van der Waals surface area contributed by atoms with Gasteiger partial charge in [-0.2, -0.15) is 0 Å². The molecule has 0 radical (unpaired) electrons. The van der Waals surface area contributed by atoms with Crippen molar-refractivity contribution in [1.82, 2.24) is 20.0 Å². The molecule has 0 saturated carbocycles. The van der Waals surface area contributed by atoms with Crippen LogP contribution in [0.2, 0.25) is 0 Å². The molecule has 0 bridgehead atoms. The normalized spacial score (nSPS) is 19.8. The summed E-state index contributed by atoms with van der Waals surface area (Å²) in [7, 11) is 0. The number of nitrogens with zero attached hydrogens (tertiary/aromatic N) is 3. The third kappa shape index (κ3) is 12.4. The van der Waals surface area contributed by atoms with Crippen molar-refractivity contribution < 1.29 is 4.28 Å². The summed E-state index contributed by atoms with van der Waals surface area (Å²) in [6, 6.07) is 0. The van der Waals surface area contributed by atoms with Gasteiger partial charge in [-0.1, -0.05) is 48.5 Å². The van der Waals surface area contributed by atoms with Crippen LogP contribution in [0.5, 0.6) is 0 Å². The van der Waals surface area contributed by atoms with E-state index in [2.05, 4.69) is 40.8 Å². The first-order valence-electron chi connectivity index (χ1n) is 9.67. The molecule has 1 aliphatic rings. The fraction of sp³-hybridized carbons (Fsp3) is 1.00. The van der Waals surface area contributed by atoms with E-state index in [1.165, 1.54) is 58.9 Å². The van der Waals surface area contributed by atoms with Crippen LogP contribution in [-0.4, -0.2) is 86.7 Å². The summed E-state index contributed by atoms with van der Waals surface area (Å²) in [5.41, 5.74) is 0. The van der Waals surface area contributed by atoms with Crippen molar-refractivity contribution in [3.63, 3.8) is 0 Å². The number of likely N-dealkylation sites (N-methyl/N-ethyl adjacent to an activating group) is 3. The summed E-state index contributed by atoms with van der Waals surface area (Å²) < 4.78 is 0. The van der Waals surface area contributed by atoms with Crippen LogP contribution in [0.4, 0.5) is 0 Å². The Morgan fingerprint density at radius 3 is 1.14 bits per heavy atom. The van der Waals surface area contributed by atoms with Crippen molar-refractivity contribution in [2.24, 2.45) is 0 Å². The lowest BCUT2D eigenvalue weighted by molar-refractivity contribution is 0.178. The molecule has 4 nitrogen and oxygen atoms in total. The smallest absolute Gasteiger partial charge is 0.0110 e. The SMILES string of the molecule is CC.CC.CCN1CCNCCN(CC)CCN(CC)CC1.[HH].[HH].[HH]. The van der Waals surface area contributed by atoms with E-state index in [0.717, 1.165) is 13.1 Å². The van der Waals surface area contributed by atoms with Crippen molar-refractivity contribution in [1.29, 1.82) is 0 Å². The summed E-state index contributed by atoms with van der Waals surface area (Å²) in [6.07, 6.45) is 0. The lowest BCUT2D eigenvalue weighted by atomic mass is 10.3. The van der Waals surface area contributed by atoms with Gasteiger partial charge >= 0.3 is 0 Å². The van der Waals surface area contributed by atoms with Crippen molar-refractivity contribution in [3.8, 4) is 0 Å². The molecular weight excluding hydrogens is 272 g/mol. The van der Waals surface area contributed by atoms with E-state index < -0.39 is 0 Å². The molecule has 0 spiro atoms. The van der Waals surface area contributed by atoms with Crippen molar-refractivity contribution in [2.75, 3.05) is 72.0 Å². The van der Waals surface area contributed by atoms with Gasteiger partial charge in [0.05, 0.1) is 0 Å². The summed E-state index contributed by atoms with van der Waals surface area (Å²) in [5, 5.41) is 3.56. The highest BCUT2D eigenvalue weighted by Crippen LogP contribution is 1.96. The minimum atomic E-state index is 0. The van der Waals surface area contributed by atoms with Gasteiger partial charge in [0.25, 0.3) is 0 Å². The molecule has 1 saturated heterocycles. The monoisotopic (exact) mass is 322 g/mol. The Balaban J connectivity index is -0.000000177. The third-order valence-electron chi connectivity index (χ3n) is 4.02. The molecule has 142 valence electrons. The first-order valence-corrected chi connectivity index (χ1v) is 9.67. The van der Waals surface area contributed by atoms with Crippen LogP contribution in [0.15, 0.2) is 0 Å². The molecule has 1 heterocycles. The molecule has 0 aliphatic carbocycles. The maximum absolute atomic E-state index is 3.56. The molecule has 4 heteroatoms. The Bertz CT molecular complexity index is 195. The van der Waals surface area contributed by atoms with Crippen LogP contribution < -0.4 is 5.32 Å². The predicted octanol–water partition coefficient (Wildman–Crippen LogP) is 3.35. The van der Waals surface area contributed by atoms with Gasteiger partial charge in [0.2, 0.25) is 0 Å². The fourth-order valence-electron chi connectivity index (χ4n) is 2.45. The first kappa shape index (κ1) is 24.1. The first-order chi connectivity index (χ1) is 10.8. The van der Waals surface area contributed by atoms with E-state index in [-0.39, 0.29) is 4.28 Å². The molecule has 1 rings (SSSR count). The minimum Gasteiger partial charge on any atom is -0.314 e. The van der Waals surface area contributed by atoms with Gasteiger partial charge < -0.3 is 20.0 Å². The zero-order valence-corrected chi connectivity index (χ0v) is 16.6. The highest BCUT2D eigenvalue weighted by atomic mass is 15.2. The van der Waals surface area contributed by atoms with E-state index in [4.69, 9.17) is 0 Å². The molecule has 1 aliphatic heterocycles. The average Bonchev–Trinajstić information content (AvgIpc) is 2.59. The molecule has 22 heavy (non-hydrogen) atoms. The topological polar surface area (TPSA) is 21.8 Å². The zero-order valence-electron chi connectivity index (χ0n) is 16.6. The molecule has 0 aromatic carbocycles. The molecule has 1 fully saturated rings. The standard InChI is InChI=1S/C14H32N4.2C2H6.3H2/c1-4-16-9-7-15-8-10-17(5-2)12-14-18(6-3)13-11-16;2*1-2;;;/h15H,4-14H2,1-3H3;2*1-2H3;3*1H.